The Hall–Kier alpha value is -0.760. The van der Waals surface area contributed by atoms with Crippen LogP contribution in [0.25, 0.3) is 0 Å². The molecular weight excluding hydrogens is 198 g/mol. The van der Waals surface area contributed by atoms with Crippen LogP contribution in [0.15, 0.2) is 6.20 Å². The van der Waals surface area contributed by atoms with E-state index >= 15 is 0 Å². The Labute approximate surface area is 91.3 Å². The molecule has 0 aliphatic carbocycles. The molecule has 0 fully saturated rings. The van der Waals surface area contributed by atoms with Gasteiger partial charge in [-0.25, -0.2) is 0 Å². The maximum atomic E-state index is 5.70. The van der Waals surface area contributed by atoms with Gasteiger partial charge in [-0.3, -0.25) is 4.98 Å². The molecule has 0 radical (unpaired) electrons. The number of aromatic nitrogens is 1. The quantitative estimate of drug-likeness (QED) is 0.705. The van der Waals surface area contributed by atoms with Gasteiger partial charge >= 0.3 is 0 Å². The topological polar surface area (TPSA) is 22.1 Å². The summed E-state index contributed by atoms with van der Waals surface area (Å²) in [6.45, 7) is 7.94. The fraction of sp³-hybridized carbons (Fsp3) is 0.545. The van der Waals surface area contributed by atoms with Crippen molar-refractivity contribution in [3.8, 4) is 5.75 Å². The maximum Gasteiger partial charge on any atom is 0.128 e. The molecule has 1 heterocycles. The van der Waals surface area contributed by atoms with E-state index in [1.165, 1.54) is 0 Å². The smallest absolute Gasteiger partial charge is 0.128 e. The Morgan fingerprint density at radius 3 is 2.36 bits per heavy atom. The summed E-state index contributed by atoms with van der Waals surface area (Å²) in [5, 5.41) is 0. The van der Waals surface area contributed by atoms with Crippen molar-refractivity contribution >= 4 is 11.6 Å². The van der Waals surface area contributed by atoms with Crippen LogP contribution in [0, 0.1) is 13.8 Å². The molecule has 2 nitrogen and oxygen atoms in total. The van der Waals surface area contributed by atoms with E-state index in [-0.39, 0.29) is 0 Å². The van der Waals surface area contributed by atoms with Gasteiger partial charge in [-0.05, 0) is 13.8 Å². The number of rotatable bonds is 2. The number of halogens is 1. The predicted molar refractivity (Wildman–Crippen MR) is 61.2 cm³/mol. The molecule has 0 bridgehead atoms. The fourth-order valence-corrected chi connectivity index (χ4v) is 1.48. The molecular formula is C11H18ClNO. The Kier molecular flexibility index (Phi) is 6.30. The van der Waals surface area contributed by atoms with E-state index in [4.69, 9.17) is 16.3 Å². The molecule has 1 aromatic heterocycles. The molecule has 14 heavy (non-hydrogen) atoms. The van der Waals surface area contributed by atoms with Crippen LogP contribution < -0.4 is 4.74 Å². The van der Waals surface area contributed by atoms with Crippen LogP contribution in [-0.4, -0.2) is 12.1 Å². The number of aryl methyl sites for hydroxylation is 1. The van der Waals surface area contributed by atoms with Gasteiger partial charge in [0.15, 0.2) is 0 Å². The van der Waals surface area contributed by atoms with Crippen LogP contribution in [0.5, 0.6) is 5.75 Å². The average molecular weight is 216 g/mol. The molecule has 0 aliphatic heterocycles. The van der Waals surface area contributed by atoms with Crippen LogP contribution in [0.2, 0.25) is 0 Å². The number of hydrogen-bond acceptors (Lipinski definition) is 2. The molecule has 3 heteroatoms. The van der Waals surface area contributed by atoms with E-state index in [0.717, 1.165) is 22.6 Å². The SMILES string of the molecule is CC.COc1c(C)cnc(CCl)c1C. The number of hydrogen-bond donors (Lipinski definition) is 0. The number of alkyl halides is 1. The summed E-state index contributed by atoms with van der Waals surface area (Å²) in [6, 6.07) is 0. The number of methoxy groups -OCH3 is 1. The van der Waals surface area contributed by atoms with Crippen LogP contribution in [-0.2, 0) is 5.88 Å². The summed E-state index contributed by atoms with van der Waals surface area (Å²) in [4.78, 5) is 4.19. The molecule has 0 atom stereocenters. The Morgan fingerprint density at radius 1 is 1.36 bits per heavy atom. The second-order valence-corrected chi connectivity index (χ2v) is 2.95. The van der Waals surface area contributed by atoms with Gasteiger partial charge in [0.2, 0.25) is 0 Å². The van der Waals surface area contributed by atoms with Gasteiger partial charge < -0.3 is 4.74 Å². The maximum absolute atomic E-state index is 5.70. The lowest BCUT2D eigenvalue weighted by molar-refractivity contribution is 0.407. The van der Waals surface area contributed by atoms with Gasteiger partial charge in [-0.2, -0.15) is 0 Å². The van der Waals surface area contributed by atoms with E-state index in [0.29, 0.717) is 5.88 Å². The van der Waals surface area contributed by atoms with Crippen molar-refractivity contribution in [1.82, 2.24) is 4.98 Å². The van der Waals surface area contributed by atoms with Gasteiger partial charge in [0.05, 0.1) is 18.7 Å². The summed E-state index contributed by atoms with van der Waals surface area (Å²) in [7, 11) is 1.66. The van der Waals surface area contributed by atoms with Crippen molar-refractivity contribution in [2.75, 3.05) is 7.11 Å². The Bertz CT molecular complexity index is 287. The minimum absolute atomic E-state index is 0.433. The highest BCUT2D eigenvalue weighted by Crippen LogP contribution is 2.24. The zero-order chi connectivity index (χ0) is 11.1. The van der Waals surface area contributed by atoms with Gasteiger partial charge in [0, 0.05) is 17.3 Å². The minimum Gasteiger partial charge on any atom is -0.496 e. The van der Waals surface area contributed by atoms with Crippen molar-refractivity contribution < 1.29 is 4.74 Å². The molecule has 0 spiro atoms. The van der Waals surface area contributed by atoms with Crippen molar-refractivity contribution in [2.45, 2.75) is 33.6 Å². The molecule has 80 valence electrons. The van der Waals surface area contributed by atoms with E-state index in [2.05, 4.69) is 4.98 Å². The lowest BCUT2D eigenvalue weighted by Crippen LogP contribution is -1.97. The fourth-order valence-electron chi connectivity index (χ4n) is 1.21. The van der Waals surface area contributed by atoms with E-state index in [1.807, 2.05) is 27.7 Å². The normalized spacial score (nSPS) is 9.00. The molecule has 0 N–H and O–H groups in total. The molecule has 0 amide bonds. The van der Waals surface area contributed by atoms with Crippen molar-refractivity contribution in [3.63, 3.8) is 0 Å². The molecule has 0 saturated heterocycles. The Balaban J connectivity index is 0.000000791. The molecule has 0 unspecified atom stereocenters. The van der Waals surface area contributed by atoms with Gasteiger partial charge in [0.1, 0.15) is 5.75 Å². The number of nitrogens with zero attached hydrogens (tertiary/aromatic N) is 1. The van der Waals surface area contributed by atoms with Crippen LogP contribution in [0.4, 0.5) is 0 Å². The highest BCUT2D eigenvalue weighted by Gasteiger charge is 2.07. The van der Waals surface area contributed by atoms with Crippen LogP contribution in [0.3, 0.4) is 0 Å². The van der Waals surface area contributed by atoms with Crippen molar-refractivity contribution in [2.24, 2.45) is 0 Å². The first-order valence-electron chi connectivity index (χ1n) is 4.75. The largest absolute Gasteiger partial charge is 0.496 e. The van der Waals surface area contributed by atoms with Crippen LogP contribution in [0.1, 0.15) is 30.7 Å². The first kappa shape index (κ1) is 13.2. The number of pyridine rings is 1. The van der Waals surface area contributed by atoms with Gasteiger partial charge in [0.25, 0.3) is 0 Å². The Morgan fingerprint density at radius 2 is 1.93 bits per heavy atom. The summed E-state index contributed by atoms with van der Waals surface area (Å²) in [5.74, 6) is 1.32. The highest BCUT2D eigenvalue weighted by molar-refractivity contribution is 6.17. The van der Waals surface area contributed by atoms with Crippen molar-refractivity contribution in [3.05, 3.63) is 23.0 Å². The molecule has 1 rings (SSSR count). The van der Waals surface area contributed by atoms with Gasteiger partial charge in [-0.1, -0.05) is 13.8 Å². The third-order valence-electron chi connectivity index (χ3n) is 1.88. The first-order valence-corrected chi connectivity index (χ1v) is 5.29. The lowest BCUT2D eigenvalue weighted by atomic mass is 10.1. The molecule has 1 aromatic rings. The van der Waals surface area contributed by atoms with Crippen molar-refractivity contribution in [1.29, 1.82) is 0 Å². The molecule has 0 aromatic carbocycles. The third kappa shape index (κ3) is 2.88. The first-order chi connectivity index (χ1) is 6.70. The minimum atomic E-state index is 0.433. The summed E-state index contributed by atoms with van der Waals surface area (Å²) in [6.07, 6.45) is 1.78. The zero-order valence-electron chi connectivity index (χ0n) is 9.52. The molecule has 0 saturated carbocycles. The van der Waals surface area contributed by atoms with E-state index in [1.54, 1.807) is 13.3 Å². The summed E-state index contributed by atoms with van der Waals surface area (Å²) >= 11 is 5.70. The second-order valence-electron chi connectivity index (χ2n) is 2.68. The average Bonchev–Trinajstić information content (AvgIpc) is 2.22. The van der Waals surface area contributed by atoms with Gasteiger partial charge in [-0.15, -0.1) is 11.6 Å². The molecule has 0 aliphatic rings. The second kappa shape index (κ2) is 6.66. The standard InChI is InChI=1S/C9H12ClNO.C2H6/c1-6-5-11-8(4-10)7(2)9(6)12-3;1-2/h5H,4H2,1-3H3;1-2H3. The summed E-state index contributed by atoms with van der Waals surface area (Å²) in [5.41, 5.74) is 2.97. The highest BCUT2D eigenvalue weighted by atomic mass is 35.5. The zero-order valence-corrected chi connectivity index (χ0v) is 10.3. The predicted octanol–water partition coefficient (Wildman–Crippen LogP) is 3.47. The lowest BCUT2D eigenvalue weighted by Gasteiger charge is -2.09. The summed E-state index contributed by atoms with van der Waals surface area (Å²) < 4.78 is 5.22. The van der Waals surface area contributed by atoms with Crippen LogP contribution >= 0.6 is 11.6 Å². The number of ether oxygens (including phenoxy) is 1. The van der Waals surface area contributed by atoms with E-state index in [9.17, 15) is 0 Å². The van der Waals surface area contributed by atoms with E-state index < -0.39 is 0 Å². The third-order valence-corrected chi connectivity index (χ3v) is 2.13. The monoisotopic (exact) mass is 215 g/mol.